The number of aryl methyl sites for hydroxylation is 1. The van der Waals surface area contributed by atoms with Crippen LogP contribution < -0.4 is 32.8 Å². The molecule has 414 valence electrons. The van der Waals surface area contributed by atoms with E-state index in [9.17, 15) is 67.5 Å². The van der Waals surface area contributed by atoms with E-state index < -0.39 is 147 Å². The minimum absolute atomic E-state index is 0.00274. The van der Waals surface area contributed by atoms with Gasteiger partial charge in [0.1, 0.15) is 48.5 Å². The summed E-state index contributed by atoms with van der Waals surface area (Å²) < 4.78 is 111. The topological polar surface area (TPSA) is 507 Å². The summed E-state index contributed by atoms with van der Waals surface area (Å²) in [6.45, 7) is -2.09. The van der Waals surface area contributed by atoms with Crippen LogP contribution in [0.5, 0.6) is 0 Å². The second-order valence-corrected chi connectivity index (χ2v) is 23.6. The number of anilines is 2. The van der Waals surface area contributed by atoms with E-state index in [1.807, 2.05) is 4.98 Å². The first-order valence-electron chi connectivity index (χ1n) is 22.0. The largest absolute Gasteiger partial charge is 0.490 e. The van der Waals surface area contributed by atoms with Gasteiger partial charge in [-0.15, -0.1) is 0 Å². The molecule has 75 heavy (non-hydrogen) atoms. The molecule has 0 aliphatic carbocycles. The van der Waals surface area contributed by atoms with E-state index in [0.29, 0.717) is 0 Å². The number of aromatic amines is 2. The van der Waals surface area contributed by atoms with Gasteiger partial charge >= 0.3 is 42.4 Å². The molecule has 5 aromatic heterocycles. The summed E-state index contributed by atoms with van der Waals surface area (Å²) >= 11 is 0. The number of nitrogens with two attached hydrogens (primary N) is 2. The number of nitrogens with one attached hydrogen (secondary N) is 2. The van der Waals surface area contributed by atoms with Crippen LogP contribution >= 0.6 is 31.1 Å². The number of nitrogens with zero attached hydrogens (tertiary/aromatic N) is 8. The van der Waals surface area contributed by atoms with Crippen molar-refractivity contribution in [3.63, 3.8) is 0 Å². The van der Waals surface area contributed by atoms with E-state index in [1.54, 1.807) is 0 Å². The summed E-state index contributed by atoms with van der Waals surface area (Å²) in [5.74, 6) is -1.25. The number of H-pyrrole nitrogens is 2. The molecule has 8 heterocycles. The molecule has 4 unspecified atom stereocenters. The molecule has 3 aliphatic rings. The monoisotopic (exact) mass is 1150 g/mol. The van der Waals surface area contributed by atoms with Crippen molar-refractivity contribution in [1.29, 1.82) is 0 Å². The molecule has 0 spiro atoms. The maximum atomic E-state index is 13.8. The zero-order chi connectivity index (χ0) is 54.5. The van der Waals surface area contributed by atoms with Crippen molar-refractivity contribution < 1.29 is 104 Å². The molecule has 13 N–H and O–H groups in total. The number of aliphatic hydroxyl groups is 3. The molecular weight excluding hydrogens is 1100 g/mol. The fourth-order valence-corrected chi connectivity index (χ4v) is 13.6. The Morgan fingerprint density at radius 3 is 2.15 bits per heavy atom. The Kier molecular flexibility index (Phi) is 16.6. The Hall–Kier alpha value is -4.58. The number of ether oxygens (including phenoxy) is 5. The molecule has 3 fully saturated rings. The van der Waals surface area contributed by atoms with Gasteiger partial charge in [-0.1, -0.05) is 4.98 Å². The Bertz CT molecular complexity index is 3280. The summed E-state index contributed by atoms with van der Waals surface area (Å²) in [4.78, 5) is 100. The first-order valence-corrected chi connectivity index (χ1v) is 28.2. The summed E-state index contributed by atoms with van der Waals surface area (Å²) in [6, 6.07) is 0.957. The molecular formula is C35H51N12O24P4+. The molecule has 0 amide bonds. The molecule has 16 atom stereocenters. The third kappa shape index (κ3) is 12.3. The number of rotatable bonds is 22. The van der Waals surface area contributed by atoms with E-state index >= 15 is 0 Å². The molecule has 8 rings (SSSR count). The van der Waals surface area contributed by atoms with Gasteiger partial charge < -0.3 is 70.0 Å². The Labute approximate surface area is 419 Å². The molecule has 0 aromatic carbocycles. The highest BCUT2D eigenvalue weighted by Crippen LogP contribution is 2.68. The number of aromatic nitrogens is 10. The van der Waals surface area contributed by atoms with Gasteiger partial charge in [0.05, 0.1) is 45.0 Å². The van der Waals surface area contributed by atoms with E-state index in [1.165, 1.54) is 40.5 Å². The number of phosphoric ester groups is 2. The Morgan fingerprint density at radius 2 is 1.48 bits per heavy atom. The van der Waals surface area contributed by atoms with Crippen molar-refractivity contribution in [1.82, 2.24) is 43.6 Å². The molecule has 36 nitrogen and oxygen atoms in total. The van der Waals surface area contributed by atoms with Crippen LogP contribution in [0.1, 0.15) is 31.5 Å². The number of fused-ring (bicyclic) bond motifs is 2. The maximum absolute atomic E-state index is 13.8. The number of imidazole rings is 2. The van der Waals surface area contributed by atoms with Crippen LogP contribution in [0.2, 0.25) is 0 Å². The van der Waals surface area contributed by atoms with Crippen molar-refractivity contribution in [2.75, 3.05) is 51.7 Å². The summed E-state index contributed by atoms with van der Waals surface area (Å²) in [5, 5.41) is 32.8. The van der Waals surface area contributed by atoms with Crippen molar-refractivity contribution in [3.8, 4) is 0 Å². The highest BCUT2D eigenvalue weighted by atomic mass is 31.3. The van der Waals surface area contributed by atoms with E-state index in [0.717, 1.165) is 30.3 Å². The molecule has 0 radical (unpaired) electrons. The molecule has 3 saturated heterocycles. The number of hydrogen-bond donors (Lipinski definition) is 11. The Balaban J connectivity index is 0.942. The van der Waals surface area contributed by atoms with Crippen molar-refractivity contribution >= 4 is 65.2 Å². The van der Waals surface area contributed by atoms with Crippen LogP contribution in [0.25, 0.3) is 22.3 Å². The third-order valence-corrected chi connectivity index (χ3v) is 17.8. The van der Waals surface area contributed by atoms with E-state index in [-0.39, 0.29) is 47.1 Å². The van der Waals surface area contributed by atoms with Gasteiger partial charge in [-0.25, -0.2) is 38.0 Å². The number of hydrogen-bond acceptors (Lipinski definition) is 26. The van der Waals surface area contributed by atoms with Gasteiger partial charge in [0.15, 0.2) is 30.2 Å². The van der Waals surface area contributed by atoms with Crippen LogP contribution in [0, 0.1) is 5.92 Å². The molecule has 40 heteroatoms. The fourth-order valence-electron chi connectivity index (χ4n) is 8.77. The van der Waals surface area contributed by atoms with Crippen LogP contribution in [0.3, 0.4) is 0 Å². The number of nitrogen functional groups attached to an aromatic ring is 2. The zero-order valence-electron chi connectivity index (χ0n) is 39.1. The van der Waals surface area contributed by atoms with Crippen LogP contribution in [0.4, 0.5) is 11.8 Å². The predicted molar refractivity (Wildman–Crippen MR) is 245 cm³/mol. The quantitative estimate of drug-likeness (QED) is 0.0241. The van der Waals surface area contributed by atoms with Gasteiger partial charge in [-0.2, -0.15) is 8.62 Å². The zero-order valence-corrected chi connectivity index (χ0v) is 42.7. The maximum Gasteiger partial charge on any atom is 0.490 e. The summed E-state index contributed by atoms with van der Waals surface area (Å²) in [6.07, 6.45) is -13.5. The minimum atomic E-state index is -6.16. The van der Waals surface area contributed by atoms with Gasteiger partial charge in [-0.3, -0.25) is 51.4 Å². The highest BCUT2D eigenvalue weighted by Gasteiger charge is 2.53. The number of phosphoric acid groups is 3. The summed E-state index contributed by atoms with van der Waals surface area (Å²) in [7, 11) is -18.8. The van der Waals surface area contributed by atoms with E-state index in [4.69, 9.17) is 48.7 Å². The number of aliphatic hydroxyl groups excluding tert-OH is 3. The third-order valence-electron chi connectivity index (χ3n) is 12.1. The van der Waals surface area contributed by atoms with Gasteiger partial charge in [0, 0.05) is 39.0 Å². The van der Waals surface area contributed by atoms with Crippen molar-refractivity contribution in [2.24, 2.45) is 13.0 Å². The second kappa shape index (κ2) is 22.0. The standard InChI is InChI=1S/C35H50N12O24P4/c1-44-14-47(29-21(44)30(52)43-34(37)42-29)31-22(49)15(5-8-62-2)17(67-31)10-64-73(56,57)70-75(60,61)71-74(58,59)65-11-18-25(26(63-3)33(68-18)46-13-40-20-27(36)38-12-39-28(20)46)69-72(54,55)9-6-16-23(50)24(51)32(66-16)45-7-4-19(48)41-35(45)53/h4,7,12-18,22-26,31-33,49-51H,5-6,8-11H2,1-3H3,(H9-,36,37,38,39,41,42,43,48,52,53,54,55,56,57,58,59,60,61)/p+1/t15-,16-,17-,18-,22-,23-,24-,25-,26-,31-,32-,33-/m1/s1. The second-order valence-electron chi connectivity index (χ2n) is 17.1. The van der Waals surface area contributed by atoms with Gasteiger partial charge in [-0.05, 0) is 12.8 Å². The van der Waals surface area contributed by atoms with Gasteiger partial charge in [0.2, 0.25) is 11.7 Å². The first-order chi connectivity index (χ1) is 35.2. The molecule has 0 bridgehead atoms. The lowest BCUT2D eigenvalue weighted by Gasteiger charge is -2.26. The normalized spacial score (nSPS) is 30.4. The van der Waals surface area contributed by atoms with Gasteiger partial charge in [0.25, 0.3) is 17.1 Å². The first kappa shape index (κ1) is 56.6. The van der Waals surface area contributed by atoms with Crippen molar-refractivity contribution in [3.05, 3.63) is 62.4 Å². The lowest BCUT2D eigenvalue weighted by molar-refractivity contribution is -0.745. The molecule has 0 saturated carbocycles. The Morgan fingerprint density at radius 1 is 0.800 bits per heavy atom. The van der Waals surface area contributed by atoms with Crippen LogP contribution in [0.15, 0.2) is 45.6 Å². The van der Waals surface area contributed by atoms with Crippen LogP contribution in [-0.4, -0.2) is 168 Å². The highest BCUT2D eigenvalue weighted by molar-refractivity contribution is 7.66. The molecule has 3 aliphatic heterocycles. The van der Waals surface area contributed by atoms with E-state index in [2.05, 4.69) is 33.5 Å². The van der Waals surface area contributed by atoms with Crippen molar-refractivity contribution in [2.45, 2.75) is 80.4 Å². The SMILES string of the molecule is COCC[C@H]1[C@@H](O)[C@H]([n+]2cn(C)c3c(=O)[nH]c(N)nc32)O[C@@H]1COP(=O)(O)OP(=O)(O)OP(=O)(O)OC[C@H]1O[C@@H](n2cnc3c(N)ncnc32)[C@H](OC)[C@@H]1OP(=O)(O)CC[C@H]1O[C@@H](n2ccc(=O)[nH]c2=O)[C@H](O)[C@@H]1O. The average molecular weight is 1150 g/mol. The number of methoxy groups -OCH3 is 2. The minimum Gasteiger partial charge on any atom is -0.388 e. The fraction of sp³-hybridized carbons (Fsp3) is 0.600. The smallest absolute Gasteiger partial charge is 0.388 e. The van der Waals surface area contributed by atoms with Crippen LogP contribution in [-0.2, 0) is 71.2 Å². The molecule has 5 aromatic rings. The lowest BCUT2D eigenvalue weighted by Crippen LogP contribution is -2.45. The summed E-state index contributed by atoms with van der Waals surface area (Å²) in [5.41, 5.74) is 9.50. The predicted octanol–water partition coefficient (Wildman–Crippen LogP) is -3.13. The lowest BCUT2D eigenvalue weighted by atomic mass is 9.95. The average Bonchev–Trinajstić information content (AvgIpc) is 4.12.